The molecule has 0 spiro atoms. The van der Waals surface area contributed by atoms with Gasteiger partial charge in [-0.2, -0.15) is 0 Å². The third-order valence-corrected chi connectivity index (χ3v) is 4.94. The van der Waals surface area contributed by atoms with Gasteiger partial charge in [0.15, 0.2) is 0 Å². The van der Waals surface area contributed by atoms with Crippen molar-refractivity contribution in [1.82, 2.24) is 5.32 Å². The topological polar surface area (TPSA) is 46.2 Å². The van der Waals surface area contributed by atoms with Crippen LogP contribution in [0.1, 0.15) is 36.0 Å². The average molecular weight is 277 g/mol. The van der Waals surface area contributed by atoms with Gasteiger partial charge in [0, 0.05) is 33.6 Å². The minimum absolute atomic E-state index is 0.0113. The van der Waals surface area contributed by atoms with Crippen molar-refractivity contribution in [1.29, 1.82) is 0 Å². The highest BCUT2D eigenvalue weighted by atomic mass is 32.2. The fraction of sp³-hybridized carbons (Fsp3) is 0.533. The van der Waals surface area contributed by atoms with Crippen LogP contribution in [0, 0.1) is 11.8 Å². The molecular weight excluding hydrogens is 258 g/mol. The van der Waals surface area contributed by atoms with E-state index in [0.717, 1.165) is 4.90 Å². The van der Waals surface area contributed by atoms with Gasteiger partial charge in [0.1, 0.15) is 0 Å². The van der Waals surface area contributed by atoms with E-state index in [4.69, 9.17) is 0 Å². The summed E-state index contributed by atoms with van der Waals surface area (Å²) in [6.07, 6.45) is 6.68. The van der Waals surface area contributed by atoms with Crippen LogP contribution >= 0.6 is 0 Å². The molecule has 1 aromatic rings. The molecule has 1 N–H and O–H groups in total. The minimum Gasteiger partial charge on any atom is -0.349 e. The van der Waals surface area contributed by atoms with Gasteiger partial charge in [-0.3, -0.25) is 9.00 Å². The predicted octanol–water partition coefficient (Wildman–Crippen LogP) is 2.34. The molecule has 19 heavy (non-hydrogen) atoms. The van der Waals surface area contributed by atoms with Crippen LogP contribution in [0.3, 0.4) is 0 Å². The van der Waals surface area contributed by atoms with Crippen LogP contribution in [-0.4, -0.2) is 22.4 Å². The molecule has 0 aromatic heterocycles. The first-order chi connectivity index (χ1) is 9.15. The Morgan fingerprint density at radius 2 is 1.68 bits per heavy atom. The number of amides is 1. The highest BCUT2D eigenvalue weighted by Gasteiger charge is 2.42. The van der Waals surface area contributed by atoms with Crippen molar-refractivity contribution in [3.63, 3.8) is 0 Å². The molecule has 0 radical (unpaired) electrons. The van der Waals surface area contributed by atoms with Crippen molar-refractivity contribution in [2.24, 2.45) is 11.8 Å². The first-order valence-electron chi connectivity index (χ1n) is 6.89. The quantitative estimate of drug-likeness (QED) is 0.898. The second-order valence-electron chi connectivity index (χ2n) is 5.65. The number of nitrogens with one attached hydrogen (secondary N) is 1. The van der Waals surface area contributed by atoms with Crippen LogP contribution < -0.4 is 5.32 Å². The molecule has 0 unspecified atom stereocenters. The van der Waals surface area contributed by atoms with E-state index in [1.807, 2.05) is 0 Å². The third-order valence-electron chi connectivity index (χ3n) is 4.01. The molecule has 3 nitrogen and oxygen atoms in total. The number of benzene rings is 1. The van der Waals surface area contributed by atoms with Gasteiger partial charge in [-0.15, -0.1) is 0 Å². The van der Waals surface area contributed by atoms with E-state index in [2.05, 4.69) is 5.32 Å². The van der Waals surface area contributed by atoms with E-state index in [0.29, 0.717) is 23.4 Å². The van der Waals surface area contributed by atoms with Crippen LogP contribution in [0.5, 0.6) is 0 Å². The SMILES string of the molecule is C[S@@](=O)c1ccc(C(=O)NC(C2CC2)C2CC2)cc1. The van der Waals surface area contributed by atoms with E-state index in [1.54, 1.807) is 30.5 Å². The summed E-state index contributed by atoms with van der Waals surface area (Å²) in [5.41, 5.74) is 0.667. The Morgan fingerprint density at radius 3 is 2.11 bits per heavy atom. The van der Waals surface area contributed by atoms with Gasteiger partial charge in [0.2, 0.25) is 0 Å². The Kier molecular flexibility index (Phi) is 3.44. The summed E-state index contributed by atoms with van der Waals surface area (Å²) >= 11 is 0. The average Bonchev–Trinajstić information content (AvgIpc) is 3.29. The Morgan fingerprint density at radius 1 is 1.16 bits per heavy atom. The van der Waals surface area contributed by atoms with Crippen LogP contribution in [0.4, 0.5) is 0 Å². The molecule has 3 rings (SSSR count). The summed E-state index contributed by atoms with van der Waals surface area (Å²) < 4.78 is 11.3. The van der Waals surface area contributed by atoms with E-state index < -0.39 is 10.8 Å². The van der Waals surface area contributed by atoms with Crippen molar-refractivity contribution in [2.45, 2.75) is 36.6 Å². The molecule has 0 aliphatic heterocycles. The second-order valence-corrected chi connectivity index (χ2v) is 7.03. The lowest BCUT2D eigenvalue weighted by atomic mass is 10.1. The van der Waals surface area contributed by atoms with E-state index >= 15 is 0 Å². The molecule has 1 amide bonds. The molecule has 2 aliphatic carbocycles. The molecule has 2 saturated carbocycles. The third kappa shape index (κ3) is 3.06. The zero-order valence-corrected chi connectivity index (χ0v) is 11.9. The molecule has 0 saturated heterocycles. The Balaban J connectivity index is 1.67. The fourth-order valence-corrected chi connectivity index (χ4v) is 3.08. The summed E-state index contributed by atoms with van der Waals surface area (Å²) in [6, 6.07) is 7.46. The first-order valence-corrected chi connectivity index (χ1v) is 8.45. The standard InChI is InChI=1S/C15H19NO2S/c1-19(18)13-8-6-12(7-9-13)15(17)16-14(10-2-3-10)11-4-5-11/h6-11,14H,2-5H2,1H3,(H,16,17)/t19-/m1/s1. The van der Waals surface area contributed by atoms with Crippen molar-refractivity contribution in [3.05, 3.63) is 29.8 Å². The molecule has 1 aromatic carbocycles. The molecule has 0 heterocycles. The summed E-state index contributed by atoms with van der Waals surface area (Å²) in [4.78, 5) is 13.0. The van der Waals surface area contributed by atoms with Gasteiger partial charge in [-0.25, -0.2) is 0 Å². The van der Waals surface area contributed by atoms with Gasteiger partial charge < -0.3 is 5.32 Å². The zero-order chi connectivity index (χ0) is 13.4. The largest absolute Gasteiger partial charge is 0.349 e. The molecule has 4 heteroatoms. The number of hydrogen-bond donors (Lipinski definition) is 1. The van der Waals surface area contributed by atoms with Crippen LogP contribution in [0.25, 0.3) is 0 Å². The van der Waals surface area contributed by atoms with Gasteiger partial charge in [-0.05, 0) is 61.8 Å². The van der Waals surface area contributed by atoms with Crippen molar-refractivity contribution in [2.75, 3.05) is 6.26 Å². The fourth-order valence-electron chi connectivity index (χ4n) is 2.56. The van der Waals surface area contributed by atoms with Gasteiger partial charge in [0.05, 0.1) is 0 Å². The summed E-state index contributed by atoms with van der Waals surface area (Å²) in [5, 5.41) is 3.19. The number of rotatable bonds is 5. The first kappa shape index (κ1) is 12.9. The lowest BCUT2D eigenvalue weighted by Gasteiger charge is -2.17. The van der Waals surface area contributed by atoms with Crippen molar-refractivity contribution in [3.8, 4) is 0 Å². The van der Waals surface area contributed by atoms with Crippen molar-refractivity contribution >= 4 is 16.7 Å². The van der Waals surface area contributed by atoms with Crippen LogP contribution in [-0.2, 0) is 10.8 Å². The Hall–Kier alpha value is -1.16. The minimum atomic E-state index is -0.988. The molecule has 102 valence electrons. The lowest BCUT2D eigenvalue weighted by Crippen LogP contribution is -2.38. The molecule has 2 fully saturated rings. The Bertz CT molecular complexity index is 491. The molecule has 0 bridgehead atoms. The molecular formula is C15H19NO2S. The van der Waals surface area contributed by atoms with Crippen LogP contribution in [0.2, 0.25) is 0 Å². The second kappa shape index (κ2) is 5.08. The van der Waals surface area contributed by atoms with Gasteiger partial charge in [-0.1, -0.05) is 0 Å². The highest BCUT2D eigenvalue weighted by Crippen LogP contribution is 2.44. The van der Waals surface area contributed by atoms with Crippen LogP contribution in [0.15, 0.2) is 29.2 Å². The summed E-state index contributed by atoms with van der Waals surface area (Å²) in [7, 11) is -0.988. The predicted molar refractivity (Wildman–Crippen MR) is 75.5 cm³/mol. The monoisotopic (exact) mass is 277 g/mol. The molecule has 1 atom stereocenters. The van der Waals surface area contributed by atoms with Gasteiger partial charge >= 0.3 is 0 Å². The van der Waals surface area contributed by atoms with E-state index in [-0.39, 0.29) is 5.91 Å². The maximum atomic E-state index is 12.2. The normalized spacial score (nSPS) is 20.3. The molecule has 2 aliphatic rings. The zero-order valence-electron chi connectivity index (χ0n) is 11.1. The maximum Gasteiger partial charge on any atom is 0.251 e. The lowest BCUT2D eigenvalue weighted by molar-refractivity contribution is 0.0926. The highest BCUT2D eigenvalue weighted by molar-refractivity contribution is 7.84. The number of carbonyl (C=O) groups is 1. The van der Waals surface area contributed by atoms with E-state index in [1.165, 1.54) is 25.7 Å². The smallest absolute Gasteiger partial charge is 0.251 e. The van der Waals surface area contributed by atoms with E-state index in [9.17, 15) is 9.00 Å². The van der Waals surface area contributed by atoms with Crippen molar-refractivity contribution < 1.29 is 9.00 Å². The summed E-state index contributed by atoms with van der Waals surface area (Å²) in [5.74, 6) is 1.43. The number of hydrogen-bond acceptors (Lipinski definition) is 2. The van der Waals surface area contributed by atoms with Gasteiger partial charge in [0.25, 0.3) is 5.91 Å². The Labute approximate surface area is 116 Å². The number of carbonyl (C=O) groups excluding carboxylic acids is 1. The maximum absolute atomic E-state index is 12.2. The summed E-state index contributed by atoms with van der Waals surface area (Å²) in [6.45, 7) is 0.